The molecule has 5 heteroatoms. The Morgan fingerprint density at radius 3 is 3.00 bits per heavy atom. The minimum atomic E-state index is -0.0266. The van der Waals surface area contributed by atoms with Gasteiger partial charge in [0, 0.05) is 30.3 Å². The highest BCUT2D eigenvalue weighted by Gasteiger charge is 2.26. The van der Waals surface area contributed by atoms with Gasteiger partial charge in [-0.3, -0.25) is 4.79 Å². The number of rotatable bonds is 4. The Balaban J connectivity index is 2.10. The van der Waals surface area contributed by atoms with E-state index in [-0.39, 0.29) is 12.5 Å². The van der Waals surface area contributed by atoms with Crippen molar-refractivity contribution in [2.75, 3.05) is 26.8 Å². The summed E-state index contributed by atoms with van der Waals surface area (Å²) in [6.07, 6.45) is 1.70. The number of halogens is 1. The summed E-state index contributed by atoms with van der Waals surface area (Å²) in [4.78, 5) is 14.2. The molecule has 104 valence electrons. The van der Waals surface area contributed by atoms with E-state index in [1.165, 1.54) is 0 Å². The van der Waals surface area contributed by atoms with Crippen LogP contribution in [0.3, 0.4) is 0 Å². The molecule has 1 unspecified atom stereocenters. The van der Waals surface area contributed by atoms with Gasteiger partial charge in [0.1, 0.15) is 5.75 Å². The molecule has 1 N–H and O–H groups in total. The highest BCUT2D eigenvalue weighted by atomic mass is 35.5. The summed E-state index contributed by atoms with van der Waals surface area (Å²) in [5.74, 6) is 0.957. The summed E-state index contributed by atoms with van der Waals surface area (Å²) in [5.41, 5.74) is 0.550. The largest absolute Gasteiger partial charge is 0.497 e. The van der Waals surface area contributed by atoms with E-state index in [4.69, 9.17) is 21.4 Å². The Bertz CT molecular complexity index is 464. The predicted octanol–water partition coefficient (Wildman–Crippen LogP) is 2.19. The molecule has 1 amide bonds. The van der Waals surface area contributed by atoms with Gasteiger partial charge >= 0.3 is 0 Å². The molecule has 19 heavy (non-hydrogen) atoms. The molecule has 0 spiro atoms. The zero-order valence-corrected chi connectivity index (χ0v) is 11.7. The molecule has 1 aliphatic heterocycles. The lowest BCUT2D eigenvalue weighted by Crippen LogP contribution is -2.28. The molecule has 1 atom stereocenters. The van der Waals surface area contributed by atoms with E-state index >= 15 is 0 Å². The second kappa shape index (κ2) is 6.26. The number of carbonyl (C=O) groups excluding carboxylic acids is 1. The van der Waals surface area contributed by atoms with Crippen LogP contribution in [0.15, 0.2) is 18.2 Å². The summed E-state index contributed by atoms with van der Waals surface area (Å²) >= 11 is 5.97. The van der Waals surface area contributed by atoms with Gasteiger partial charge in [0.2, 0.25) is 0 Å². The van der Waals surface area contributed by atoms with Crippen LogP contribution in [0.25, 0.3) is 0 Å². The van der Waals surface area contributed by atoms with Crippen LogP contribution in [0.4, 0.5) is 0 Å². The van der Waals surface area contributed by atoms with Crippen LogP contribution in [-0.2, 0) is 0 Å². The fourth-order valence-electron chi connectivity index (χ4n) is 2.42. The van der Waals surface area contributed by atoms with E-state index in [9.17, 15) is 4.79 Å². The normalized spacial score (nSPS) is 18.7. The van der Waals surface area contributed by atoms with Crippen LogP contribution in [0.1, 0.15) is 23.2 Å². The maximum absolute atomic E-state index is 12.4. The maximum Gasteiger partial charge on any atom is 0.254 e. The number of ether oxygens (including phenoxy) is 1. The average Bonchev–Trinajstić information content (AvgIpc) is 2.86. The lowest BCUT2D eigenvalue weighted by Gasteiger charge is -2.17. The van der Waals surface area contributed by atoms with Gasteiger partial charge in [-0.05, 0) is 37.0 Å². The van der Waals surface area contributed by atoms with Gasteiger partial charge in [-0.2, -0.15) is 0 Å². The van der Waals surface area contributed by atoms with Crippen molar-refractivity contribution in [2.24, 2.45) is 5.92 Å². The van der Waals surface area contributed by atoms with Crippen LogP contribution in [0.5, 0.6) is 5.75 Å². The predicted molar refractivity (Wildman–Crippen MR) is 73.7 cm³/mol. The zero-order valence-electron chi connectivity index (χ0n) is 10.9. The third kappa shape index (κ3) is 3.39. The molecule has 1 fully saturated rings. The van der Waals surface area contributed by atoms with Crippen LogP contribution < -0.4 is 4.74 Å². The molecule has 0 radical (unpaired) electrons. The molecule has 0 aromatic heterocycles. The number of aliphatic hydroxyl groups excluding tert-OH is 1. The molecule has 0 saturated carbocycles. The highest BCUT2D eigenvalue weighted by molar-refractivity contribution is 6.31. The number of likely N-dealkylation sites (tertiary alicyclic amines) is 1. The number of carbonyl (C=O) groups is 1. The molecule has 2 rings (SSSR count). The third-order valence-electron chi connectivity index (χ3n) is 3.46. The summed E-state index contributed by atoms with van der Waals surface area (Å²) < 4.78 is 5.12. The van der Waals surface area contributed by atoms with E-state index in [2.05, 4.69) is 0 Å². The minimum Gasteiger partial charge on any atom is -0.497 e. The second-order valence-corrected chi connectivity index (χ2v) is 5.23. The summed E-state index contributed by atoms with van der Waals surface area (Å²) in [7, 11) is 1.55. The van der Waals surface area contributed by atoms with Gasteiger partial charge in [0.15, 0.2) is 0 Å². The first-order valence-electron chi connectivity index (χ1n) is 6.38. The molecule has 1 aliphatic rings. The average molecular weight is 284 g/mol. The Kier molecular flexibility index (Phi) is 4.66. The number of methoxy groups -OCH3 is 1. The molecule has 1 heterocycles. The van der Waals surface area contributed by atoms with Crippen LogP contribution in [0.2, 0.25) is 5.02 Å². The first-order valence-corrected chi connectivity index (χ1v) is 6.76. The van der Waals surface area contributed by atoms with E-state index < -0.39 is 0 Å². The van der Waals surface area contributed by atoms with Gasteiger partial charge in [0.05, 0.1) is 7.11 Å². The third-order valence-corrected chi connectivity index (χ3v) is 3.68. The van der Waals surface area contributed by atoms with Gasteiger partial charge in [0.25, 0.3) is 5.91 Å². The van der Waals surface area contributed by atoms with Crippen molar-refractivity contribution >= 4 is 17.5 Å². The quantitative estimate of drug-likeness (QED) is 0.921. The molecule has 1 saturated heterocycles. The van der Waals surface area contributed by atoms with Crippen molar-refractivity contribution in [3.63, 3.8) is 0 Å². The number of aliphatic hydroxyl groups is 1. The van der Waals surface area contributed by atoms with E-state index in [1.54, 1.807) is 25.3 Å². The molecular weight excluding hydrogens is 266 g/mol. The fourth-order valence-corrected chi connectivity index (χ4v) is 2.65. The van der Waals surface area contributed by atoms with E-state index in [0.29, 0.717) is 28.8 Å². The lowest BCUT2D eigenvalue weighted by atomic mass is 10.1. The van der Waals surface area contributed by atoms with Crippen LogP contribution in [0, 0.1) is 5.92 Å². The molecule has 1 aromatic rings. The van der Waals surface area contributed by atoms with Gasteiger partial charge in [-0.25, -0.2) is 0 Å². The fraction of sp³-hybridized carbons (Fsp3) is 0.500. The number of hydrogen-bond acceptors (Lipinski definition) is 3. The number of hydrogen-bond donors (Lipinski definition) is 1. The molecule has 4 nitrogen and oxygen atoms in total. The van der Waals surface area contributed by atoms with Gasteiger partial charge in [-0.1, -0.05) is 11.6 Å². The second-order valence-electron chi connectivity index (χ2n) is 4.80. The molecule has 0 bridgehead atoms. The van der Waals surface area contributed by atoms with Crippen LogP contribution >= 0.6 is 11.6 Å². The Labute approximate surface area is 117 Å². The van der Waals surface area contributed by atoms with Gasteiger partial charge in [-0.15, -0.1) is 0 Å². The monoisotopic (exact) mass is 283 g/mol. The van der Waals surface area contributed by atoms with Crippen molar-refractivity contribution in [2.45, 2.75) is 12.8 Å². The zero-order chi connectivity index (χ0) is 13.8. The van der Waals surface area contributed by atoms with Crippen molar-refractivity contribution in [1.82, 2.24) is 4.90 Å². The summed E-state index contributed by atoms with van der Waals surface area (Å²) in [5, 5.41) is 9.43. The number of amides is 1. The first kappa shape index (κ1) is 14.2. The minimum absolute atomic E-state index is 0.0266. The molecule has 1 aromatic carbocycles. The Hall–Kier alpha value is -1.26. The SMILES string of the molecule is COc1cc(Cl)cc(C(=O)N2CCC(CCO)C2)c1. The molecule has 0 aliphatic carbocycles. The molecular formula is C14H18ClNO3. The number of benzene rings is 1. The maximum atomic E-state index is 12.4. The topological polar surface area (TPSA) is 49.8 Å². The Morgan fingerprint density at radius 1 is 1.53 bits per heavy atom. The van der Waals surface area contributed by atoms with Crippen molar-refractivity contribution in [3.05, 3.63) is 28.8 Å². The summed E-state index contributed by atoms with van der Waals surface area (Å²) in [6, 6.07) is 5.04. The standard InChI is InChI=1S/C14H18ClNO3/c1-19-13-7-11(6-12(15)8-13)14(18)16-4-2-10(9-16)3-5-17/h6-8,10,17H,2-5,9H2,1H3. The van der Waals surface area contributed by atoms with E-state index in [1.807, 2.05) is 4.90 Å². The van der Waals surface area contributed by atoms with Crippen molar-refractivity contribution in [3.8, 4) is 5.75 Å². The highest BCUT2D eigenvalue weighted by Crippen LogP contribution is 2.25. The lowest BCUT2D eigenvalue weighted by molar-refractivity contribution is 0.0784. The van der Waals surface area contributed by atoms with Crippen molar-refractivity contribution in [1.29, 1.82) is 0 Å². The van der Waals surface area contributed by atoms with E-state index in [0.717, 1.165) is 19.4 Å². The van der Waals surface area contributed by atoms with Gasteiger partial charge < -0.3 is 14.7 Å². The Morgan fingerprint density at radius 2 is 2.32 bits per heavy atom. The number of nitrogens with zero attached hydrogens (tertiary/aromatic N) is 1. The first-order chi connectivity index (χ1) is 9.13. The smallest absolute Gasteiger partial charge is 0.254 e. The van der Waals surface area contributed by atoms with Crippen LogP contribution in [-0.4, -0.2) is 42.7 Å². The van der Waals surface area contributed by atoms with Crippen molar-refractivity contribution < 1.29 is 14.6 Å². The summed E-state index contributed by atoms with van der Waals surface area (Å²) in [6.45, 7) is 1.62.